The lowest BCUT2D eigenvalue weighted by Crippen LogP contribution is -2.12. The van der Waals surface area contributed by atoms with Gasteiger partial charge in [0, 0.05) is 6.54 Å². The molecule has 0 aliphatic heterocycles. The molecule has 0 spiro atoms. The summed E-state index contributed by atoms with van der Waals surface area (Å²) < 4.78 is 6.74. The van der Waals surface area contributed by atoms with Crippen molar-refractivity contribution in [3.05, 3.63) is 34.3 Å². The van der Waals surface area contributed by atoms with E-state index in [0.717, 1.165) is 11.9 Å². The molecule has 1 heterocycles. The summed E-state index contributed by atoms with van der Waals surface area (Å²) in [4.78, 5) is 11.4. The number of oxazole rings is 1. The lowest BCUT2D eigenvalue weighted by molar-refractivity contribution is 0.513. The van der Waals surface area contributed by atoms with E-state index in [1.807, 2.05) is 25.1 Å². The van der Waals surface area contributed by atoms with Crippen molar-refractivity contribution in [2.75, 3.05) is 0 Å². The molecule has 0 atom stereocenters. The number of aromatic nitrogens is 1. The topological polar surface area (TPSA) is 35.1 Å². The predicted molar refractivity (Wildman–Crippen MR) is 55.5 cm³/mol. The highest BCUT2D eigenvalue weighted by molar-refractivity contribution is 5.73. The summed E-state index contributed by atoms with van der Waals surface area (Å²) in [6.07, 6.45) is 0.971. The van der Waals surface area contributed by atoms with Gasteiger partial charge in [-0.1, -0.05) is 13.0 Å². The zero-order chi connectivity index (χ0) is 10.1. The van der Waals surface area contributed by atoms with Crippen molar-refractivity contribution in [1.82, 2.24) is 4.57 Å². The largest absolute Gasteiger partial charge is 0.419 e. The van der Waals surface area contributed by atoms with Crippen molar-refractivity contribution in [2.45, 2.75) is 26.8 Å². The van der Waals surface area contributed by atoms with Crippen LogP contribution in [0.25, 0.3) is 11.1 Å². The van der Waals surface area contributed by atoms with Gasteiger partial charge in [-0.15, -0.1) is 0 Å². The number of benzene rings is 1. The Labute approximate surface area is 82.0 Å². The van der Waals surface area contributed by atoms with Crippen LogP contribution in [-0.2, 0) is 13.0 Å². The van der Waals surface area contributed by atoms with Gasteiger partial charge >= 0.3 is 5.76 Å². The minimum atomic E-state index is -0.268. The van der Waals surface area contributed by atoms with Crippen LogP contribution in [0, 0.1) is 0 Å². The number of hydrogen-bond acceptors (Lipinski definition) is 2. The van der Waals surface area contributed by atoms with Crippen molar-refractivity contribution >= 4 is 11.1 Å². The fraction of sp³-hybridized carbons (Fsp3) is 0.364. The molecule has 0 radical (unpaired) electrons. The summed E-state index contributed by atoms with van der Waals surface area (Å²) >= 11 is 0. The molecule has 0 fully saturated rings. The Morgan fingerprint density at radius 2 is 2.14 bits per heavy atom. The Hall–Kier alpha value is -1.51. The van der Waals surface area contributed by atoms with Gasteiger partial charge in [0.15, 0.2) is 5.58 Å². The van der Waals surface area contributed by atoms with Crippen LogP contribution in [0.2, 0.25) is 0 Å². The summed E-state index contributed by atoms with van der Waals surface area (Å²) in [5.41, 5.74) is 2.80. The first kappa shape index (κ1) is 9.06. The Kier molecular flexibility index (Phi) is 2.15. The van der Waals surface area contributed by atoms with Gasteiger partial charge in [0.1, 0.15) is 0 Å². The first-order chi connectivity index (χ1) is 6.76. The molecule has 0 N–H and O–H groups in total. The van der Waals surface area contributed by atoms with Crippen LogP contribution in [0.4, 0.5) is 0 Å². The second-order valence-electron chi connectivity index (χ2n) is 3.27. The summed E-state index contributed by atoms with van der Waals surface area (Å²) in [5.74, 6) is -0.268. The van der Waals surface area contributed by atoms with Crippen LogP contribution in [-0.4, -0.2) is 4.57 Å². The molecule has 3 heteroatoms. The van der Waals surface area contributed by atoms with Gasteiger partial charge in [-0.3, -0.25) is 4.57 Å². The summed E-state index contributed by atoms with van der Waals surface area (Å²) in [6, 6.07) is 5.87. The third-order valence-electron chi connectivity index (χ3n) is 2.46. The van der Waals surface area contributed by atoms with Crippen molar-refractivity contribution in [3.8, 4) is 0 Å². The van der Waals surface area contributed by atoms with E-state index in [2.05, 4.69) is 6.92 Å². The van der Waals surface area contributed by atoms with E-state index in [1.54, 1.807) is 4.57 Å². The third-order valence-corrected chi connectivity index (χ3v) is 2.46. The van der Waals surface area contributed by atoms with Gasteiger partial charge in [0.25, 0.3) is 0 Å². The molecule has 0 aliphatic rings. The molecule has 1 aromatic carbocycles. The SMILES string of the molecule is CCc1ccc2oc(=O)n(CC)c2c1. The number of aryl methyl sites for hydroxylation is 2. The van der Waals surface area contributed by atoms with E-state index >= 15 is 0 Å². The van der Waals surface area contributed by atoms with E-state index in [9.17, 15) is 4.79 Å². The van der Waals surface area contributed by atoms with Crippen LogP contribution in [0.15, 0.2) is 27.4 Å². The van der Waals surface area contributed by atoms with Crippen LogP contribution in [0.3, 0.4) is 0 Å². The lowest BCUT2D eigenvalue weighted by atomic mass is 10.1. The minimum absolute atomic E-state index is 0.268. The molecule has 0 bridgehead atoms. The molecule has 0 saturated heterocycles. The summed E-state index contributed by atoms with van der Waals surface area (Å²) in [5, 5.41) is 0. The Morgan fingerprint density at radius 3 is 2.79 bits per heavy atom. The highest BCUT2D eigenvalue weighted by atomic mass is 16.4. The van der Waals surface area contributed by atoms with E-state index in [-0.39, 0.29) is 5.76 Å². The molecule has 74 valence electrons. The second kappa shape index (κ2) is 3.33. The van der Waals surface area contributed by atoms with Crippen LogP contribution < -0.4 is 5.76 Å². The smallest absolute Gasteiger partial charge is 0.408 e. The molecular formula is C11H13NO2. The normalized spacial score (nSPS) is 11.0. The van der Waals surface area contributed by atoms with E-state index < -0.39 is 0 Å². The van der Waals surface area contributed by atoms with Gasteiger partial charge < -0.3 is 4.42 Å². The highest BCUT2D eigenvalue weighted by Crippen LogP contribution is 2.15. The molecule has 2 rings (SSSR count). The third kappa shape index (κ3) is 1.25. The summed E-state index contributed by atoms with van der Waals surface area (Å²) in [7, 11) is 0. The molecule has 1 aromatic heterocycles. The molecule has 3 nitrogen and oxygen atoms in total. The quantitative estimate of drug-likeness (QED) is 0.729. The van der Waals surface area contributed by atoms with E-state index in [1.165, 1.54) is 5.56 Å². The summed E-state index contributed by atoms with van der Waals surface area (Å²) in [6.45, 7) is 4.68. The average molecular weight is 191 g/mol. The maximum Gasteiger partial charge on any atom is 0.419 e. The fourth-order valence-electron chi connectivity index (χ4n) is 1.63. The van der Waals surface area contributed by atoms with Crippen LogP contribution >= 0.6 is 0 Å². The molecule has 0 saturated carbocycles. The molecule has 0 aliphatic carbocycles. The maximum atomic E-state index is 11.4. The van der Waals surface area contributed by atoms with Gasteiger partial charge in [0.2, 0.25) is 0 Å². The molecule has 2 aromatic rings. The standard InChI is InChI=1S/C11H13NO2/c1-3-8-5-6-10-9(7-8)12(4-2)11(13)14-10/h5-7H,3-4H2,1-2H3. The van der Waals surface area contributed by atoms with Crippen molar-refractivity contribution in [3.63, 3.8) is 0 Å². The molecular weight excluding hydrogens is 178 g/mol. The molecule has 0 unspecified atom stereocenters. The maximum absolute atomic E-state index is 11.4. The van der Waals surface area contributed by atoms with Crippen molar-refractivity contribution in [2.24, 2.45) is 0 Å². The Morgan fingerprint density at radius 1 is 1.36 bits per heavy atom. The van der Waals surface area contributed by atoms with E-state index in [0.29, 0.717) is 12.1 Å². The van der Waals surface area contributed by atoms with Gasteiger partial charge in [-0.05, 0) is 31.0 Å². The number of nitrogens with zero attached hydrogens (tertiary/aromatic N) is 1. The minimum Gasteiger partial charge on any atom is -0.408 e. The zero-order valence-electron chi connectivity index (χ0n) is 8.41. The van der Waals surface area contributed by atoms with Crippen LogP contribution in [0.5, 0.6) is 0 Å². The Bertz CT molecular complexity index is 507. The number of hydrogen-bond donors (Lipinski definition) is 0. The van der Waals surface area contributed by atoms with Gasteiger partial charge in [-0.25, -0.2) is 4.79 Å². The zero-order valence-corrected chi connectivity index (χ0v) is 8.41. The van der Waals surface area contributed by atoms with Gasteiger partial charge in [-0.2, -0.15) is 0 Å². The highest BCUT2D eigenvalue weighted by Gasteiger charge is 2.07. The van der Waals surface area contributed by atoms with E-state index in [4.69, 9.17) is 4.42 Å². The lowest BCUT2D eigenvalue weighted by Gasteiger charge is -1.98. The number of rotatable bonds is 2. The second-order valence-corrected chi connectivity index (χ2v) is 3.27. The number of fused-ring (bicyclic) bond motifs is 1. The monoisotopic (exact) mass is 191 g/mol. The fourth-order valence-corrected chi connectivity index (χ4v) is 1.63. The van der Waals surface area contributed by atoms with Crippen molar-refractivity contribution < 1.29 is 4.42 Å². The molecule has 0 amide bonds. The molecule has 14 heavy (non-hydrogen) atoms. The predicted octanol–water partition coefficient (Wildman–Crippen LogP) is 2.18. The van der Waals surface area contributed by atoms with Crippen LogP contribution in [0.1, 0.15) is 19.4 Å². The first-order valence-corrected chi connectivity index (χ1v) is 4.88. The average Bonchev–Trinajstić information content (AvgIpc) is 2.52. The Balaban J connectivity index is 2.77. The van der Waals surface area contributed by atoms with Gasteiger partial charge in [0.05, 0.1) is 5.52 Å². The van der Waals surface area contributed by atoms with Crippen molar-refractivity contribution in [1.29, 1.82) is 0 Å². The first-order valence-electron chi connectivity index (χ1n) is 4.88.